The number of hydrogen-bond acceptors (Lipinski definition) is 6. The predicted molar refractivity (Wildman–Crippen MR) is 106 cm³/mol. The zero-order valence-corrected chi connectivity index (χ0v) is 16.7. The Hall–Kier alpha value is -1.81. The van der Waals surface area contributed by atoms with Gasteiger partial charge in [0.2, 0.25) is 0 Å². The standard InChI is InChI=1S/C16H19ClN4O3S2/c1-21(2)8-7-18-16(24)19-13-12(15(22)23)14(20-26-13)25-9-10-3-5-11(17)6-4-10/h3-6H,7-9H2,1-2H3,(H,22,23)(H2,18,19,24). The van der Waals surface area contributed by atoms with Gasteiger partial charge in [-0.25, -0.2) is 9.59 Å². The first-order chi connectivity index (χ1) is 12.4. The highest BCUT2D eigenvalue weighted by Crippen LogP contribution is 2.33. The van der Waals surface area contributed by atoms with Crippen molar-refractivity contribution in [3.8, 4) is 0 Å². The number of rotatable bonds is 8. The van der Waals surface area contributed by atoms with Crippen LogP contribution in [-0.4, -0.2) is 53.6 Å². The van der Waals surface area contributed by atoms with E-state index in [-0.39, 0.29) is 10.6 Å². The van der Waals surface area contributed by atoms with Gasteiger partial charge in [0, 0.05) is 23.9 Å². The molecule has 2 rings (SSSR count). The fourth-order valence-electron chi connectivity index (χ4n) is 1.92. The maximum absolute atomic E-state index is 11.9. The summed E-state index contributed by atoms with van der Waals surface area (Å²) in [6.45, 7) is 1.14. The van der Waals surface area contributed by atoms with Crippen LogP contribution < -0.4 is 10.6 Å². The normalized spacial score (nSPS) is 10.8. The molecule has 1 heterocycles. The first-order valence-electron chi connectivity index (χ1n) is 7.66. The van der Waals surface area contributed by atoms with Crippen LogP contribution in [0.15, 0.2) is 29.3 Å². The summed E-state index contributed by atoms with van der Waals surface area (Å²) < 4.78 is 4.18. The summed E-state index contributed by atoms with van der Waals surface area (Å²) >= 11 is 8.11. The van der Waals surface area contributed by atoms with Crippen molar-refractivity contribution in [1.29, 1.82) is 0 Å². The highest BCUT2D eigenvalue weighted by molar-refractivity contribution is 7.98. The first kappa shape index (κ1) is 20.5. The molecule has 3 N–H and O–H groups in total. The van der Waals surface area contributed by atoms with Gasteiger partial charge in [-0.05, 0) is 43.3 Å². The van der Waals surface area contributed by atoms with Crippen LogP contribution >= 0.6 is 34.9 Å². The lowest BCUT2D eigenvalue weighted by atomic mass is 10.2. The lowest BCUT2D eigenvalue weighted by Gasteiger charge is -2.10. The zero-order chi connectivity index (χ0) is 19.1. The van der Waals surface area contributed by atoms with E-state index in [4.69, 9.17) is 11.6 Å². The second kappa shape index (κ2) is 9.77. The van der Waals surface area contributed by atoms with Crippen molar-refractivity contribution in [2.75, 3.05) is 32.5 Å². The molecule has 140 valence electrons. The van der Waals surface area contributed by atoms with E-state index in [0.717, 1.165) is 17.1 Å². The van der Waals surface area contributed by atoms with Crippen LogP contribution in [0.1, 0.15) is 15.9 Å². The van der Waals surface area contributed by atoms with E-state index in [1.807, 2.05) is 31.1 Å². The van der Waals surface area contributed by atoms with Gasteiger partial charge < -0.3 is 15.3 Å². The van der Waals surface area contributed by atoms with Crippen molar-refractivity contribution < 1.29 is 14.7 Å². The van der Waals surface area contributed by atoms with E-state index in [2.05, 4.69) is 15.0 Å². The van der Waals surface area contributed by atoms with Gasteiger partial charge in [-0.1, -0.05) is 35.5 Å². The third-order valence-corrected chi connectivity index (χ3v) is 5.41. The molecule has 0 fully saturated rings. The number of benzene rings is 1. The molecule has 0 atom stereocenters. The van der Waals surface area contributed by atoms with Crippen LogP contribution in [0.2, 0.25) is 5.02 Å². The van der Waals surface area contributed by atoms with Gasteiger partial charge in [0.25, 0.3) is 0 Å². The molecule has 0 spiro atoms. The van der Waals surface area contributed by atoms with E-state index in [1.54, 1.807) is 12.1 Å². The van der Waals surface area contributed by atoms with Crippen LogP contribution in [-0.2, 0) is 5.75 Å². The number of halogens is 1. The molecule has 0 unspecified atom stereocenters. The maximum atomic E-state index is 11.9. The maximum Gasteiger partial charge on any atom is 0.341 e. The Bertz CT molecular complexity index is 765. The number of nitrogens with one attached hydrogen (secondary N) is 2. The zero-order valence-electron chi connectivity index (χ0n) is 14.3. The summed E-state index contributed by atoms with van der Waals surface area (Å²) in [4.78, 5) is 25.4. The molecule has 0 aliphatic carbocycles. The van der Waals surface area contributed by atoms with Crippen molar-refractivity contribution >= 4 is 51.9 Å². The summed E-state index contributed by atoms with van der Waals surface area (Å²) in [5.74, 6) is -0.573. The summed E-state index contributed by atoms with van der Waals surface area (Å²) in [6, 6.07) is 6.86. The molecule has 0 radical (unpaired) electrons. The SMILES string of the molecule is CN(C)CCNC(=O)Nc1snc(SCc2ccc(Cl)cc2)c1C(=O)O. The molecule has 0 saturated carbocycles. The van der Waals surface area contributed by atoms with Crippen LogP contribution in [0.25, 0.3) is 0 Å². The molecule has 26 heavy (non-hydrogen) atoms. The number of carbonyl (C=O) groups is 2. The van der Waals surface area contributed by atoms with Crippen molar-refractivity contribution in [3.05, 3.63) is 40.4 Å². The molecular weight excluding hydrogens is 396 g/mol. The second-order valence-corrected chi connectivity index (χ2v) is 7.77. The Morgan fingerprint density at radius 2 is 2.00 bits per heavy atom. The van der Waals surface area contributed by atoms with Gasteiger partial charge in [0.15, 0.2) is 0 Å². The molecule has 1 aromatic heterocycles. The van der Waals surface area contributed by atoms with E-state index >= 15 is 0 Å². The average molecular weight is 415 g/mol. The lowest BCUT2D eigenvalue weighted by Crippen LogP contribution is -2.34. The van der Waals surface area contributed by atoms with Gasteiger partial charge in [0.1, 0.15) is 15.6 Å². The topological polar surface area (TPSA) is 94.6 Å². The number of carboxylic acid groups (broad SMARTS) is 1. The number of likely N-dealkylation sites (N-methyl/N-ethyl adjacent to an activating group) is 1. The number of hydrogen-bond donors (Lipinski definition) is 3. The van der Waals surface area contributed by atoms with Gasteiger partial charge in [0.05, 0.1) is 0 Å². The van der Waals surface area contributed by atoms with E-state index in [9.17, 15) is 14.7 Å². The Labute approximate surface area is 164 Å². The van der Waals surface area contributed by atoms with Gasteiger partial charge in [-0.15, -0.1) is 0 Å². The average Bonchev–Trinajstić information content (AvgIpc) is 2.96. The van der Waals surface area contributed by atoms with Crippen LogP contribution in [0.4, 0.5) is 9.80 Å². The van der Waals surface area contributed by atoms with Gasteiger partial charge >= 0.3 is 12.0 Å². The first-order valence-corrected chi connectivity index (χ1v) is 9.80. The van der Waals surface area contributed by atoms with E-state index in [1.165, 1.54) is 11.8 Å². The fourth-order valence-corrected chi connectivity index (χ4v) is 3.94. The second-order valence-electron chi connectivity index (χ2n) is 5.60. The van der Waals surface area contributed by atoms with Gasteiger partial charge in [-0.2, -0.15) is 4.37 Å². The number of anilines is 1. The summed E-state index contributed by atoms with van der Waals surface area (Å²) in [7, 11) is 3.80. The molecule has 2 amide bonds. The predicted octanol–water partition coefficient (Wildman–Crippen LogP) is 3.47. The van der Waals surface area contributed by atoms with E-state index < -0.39 is 12.0 Å². The van der Waals surface area contributed by atoms with Crippen molar-refractivity contribution in [2.45, 2.75) is 10.8 Å². The molecule has 1 aromatic carbocycles. The van der Waals surface area contributed by atoms with Crippen LogP contribution in [0.3, 0.4) is 0 Å². The minimum Gasteiger partial charge on any atom is -0.477 e. The number of urea groups is 1. The van der Waals surface area contributed by atoms with Crippen LogP contribution in [0.5, 0.6) is 0 Å². The highest BCUT2D eigenvalue weighted by atomic mass is 35.5. The number of carbonyl (C=O) groups excluding carboxylic acids is 1. The molecule has 7 nitrogen and oxygen atoms in total. The minimum absolute atomic E-state index is 0.0109. The number of aromatic nitrogens is 1. The molecular formula is C16H19ClN4O3S2. The Morgan fingerprint density at radius 1 is 1.31 bits per heavy atom. The lowest BCUT2D eigenvalue weighted by molar-refractivity contribution is 0.0694. The van der Waals surface area contributed by atoms with E-state index in [0.29, 0.717) is 28.9 Å². The fraction of sp³-hybridized carbons (Fsp3) is 0.312. The largest absolute Gasteiger partial charge is 0.477 e. The summed E-state index contributed by atoms with van der Waals surface area (Å²) in [5, 5.41) is 16.0. The minimum atomic E-state index is -1.12. The molecule has 2 aromatic rings. The van der Waals surface area contributed by atoms with Gasteiger partial charge in [-0.3, -0.25) is 5.32 Å². The number of carboxylic acids is 1. The third-order valence-electron chi connectivity index (χ3n) is 3.24. The Morgan fingerprint density at radius 3 is 2.62 bits per heavy atom. The number of amides is 2. The molecule has 0 bridgehead atoms. The van der Waals surface area contributed by atoms with Crippen molar-refractivity contribution in [3.63, 3.8) is 0 Å². The Balaban J connectivity index is 2.01. The monoisotopic (exact) mass is 414 g/mol. The number of aromatic carboxylic acids is 1. The molecule has 0 aliphatic heterocycles. The van der Waals surface area contributed by atoms with Crippen molar-refractivity contribution in [1.82, 2.24) is 14.6 Å². The highest BCUT2D eigenvalue weighted by Gasteiger charge is 2.22. The third kappa shape index (κ3) is 6.17. The van der Waals surface area contributed by atoms with Crippen molar-refractivity contribution in [2.24, 2.45) is 0 Å². The number of thioether (sulfide) groups is 1. The molecule has 10 heteroatoms. The Kier molecular flexibility index (Phi) is 7.70. The number of nitrogens with zero attached hydrogens (tertiary/aromatic N) is 2. The van der Waals surface area contributed by atoms with Crippen LogP contribution in [0, 0.1) is 0 Å². The summed E-state index contributed by atoms with van der Waals surface area (Å²) in [6.07, 6.45) is 0. The smallest absolute Gasteiger partial charge is 0.341 e. The quantitative estimate of drug-likeness (QED) is 0.572. The molecule has 0 aliphatic rings. The summed E-state index contributed by atoms with van der Waals surface area (Å²) in [5.41, 5.74) is 1.01. The molecule has 0 saturated heterocycles.